The van der Waals surface area contributed by atoms with Crippen molar-refractivity contribution in [2.75, 3.05) is 26.1 Å². The number of amides is 2. The number of hydrogen-bond donors (Lipinski definition) is 2. The molecule has 0 aliphatic rings. The Kier molecular flexibility index (Phi) is 8.43. The molecule has 0 bridgehead atoms. The summed E-state index contributed by atoms with van der Waals surface area (Å²) in [7, 11) is 2.86. The smallest absolute Gasteiger partial charge is 0.343 e. The van der Waals surface area contributed by atoms with Crippen molar-refractivity contribution in [1.82, 2.24) is 5.32 Å². The van der Waals surface area contributed by atoms with Crippen LogP contribution in [0, 0.1) is 0 Å². The molecule has 2 N–H and O–H groups in total. The van der Waals surface area contributed by atoms with E-state index in [4.69, 9.17) is 9.47 Å². The molecular weight excluding hydrogens is 388 g/mol. The first-order valence-corrected chi connectivity index (χ1v) is 9.14. The summed E-state index contributed by atoms with van der Waals surface area (Å²) in [6, 6.07) is 12.9. The second-order valence-electron chi connectivity index (χ2n) is 6.22. The van der Waals surface area contributed by atoms with Crippen LogP contribution in [-0.4, -0.2) is 44.7 Å². The van der Waals surface area contributed by atoms with E-state index in [0.717, 1.165) is 11.3 Å². The van der Waals surface area contributed by atoms with Crippen molar-refractivity contribution in [3.63, 3.8) is 0 Å². The fraction of sp³-hybridized carbons (Fsp3) is 0.227. The van der Waals surface area contributed by atoms with E-state index < -0.39 is 12.0 Å². The number of carbonyl (C=O) groups is 3. The van der Waals surface area contributed by atoms with Crippen LogP contribution in [0.25, 0.3) is 6.08 Å². The van der Waals surface area contributed by atoms with Gasteiger partial charge in [-0.05, 0) is 55.0 Å². The molecule has 1 unspecified atom stereocenters. The highest BCUT2D eigenvalue weighted by Crippen LogP contribution is 2.16. The molecule has 2 rings (SSSR count). The SMILES string of the molecule is COC(=O)COc1ccc(NC(=O)C(C)NC(=O)C=Cc2ccc(OC)cc2)cc1. The molecule has 158 valence electrons. The molecule has 30 heavy (non-hydrogen) atoms. The van der Waals surface area contributed by atoms with E-state index >= 15 is 0 Å². The summed E-state index contributed by atoms with van der Waals surface area (Å²) in [4.78, 5) is 35.4. The van der Waals surface area contributed by atoms with E-state index in [1.165, 1.54) is 13.2 Å². The summed E-state index contributed by atoms with van der Waals surface area (Å²) in [5.41, 5.74) is 1.36. The standard InChI is InChI=1S/C22H24N2O6/c1-15(23-20(25)13-6-16-4-9-18(28-2)10-5-16)22(27)24-17-7-11-19(12-8-17)30-14-21(26)29-3/h4-13,15H,14H2,1-3H3,(H,23,25)(H,24,27). The maximum absolute atomic E-state index is 12.3. The van der Waals surface area contributed by atoms with Gasteiger partial charge in [0.1, 0.15) is 17.5 Å². The van der Waals surface area contributed by atoms with Gasteiger partial charge in [-0.25, -0.2) is 4.79 Å². The number of rotatable bonds is 9. The Morgan fingerprint density at radius 1 is 0.967 bits per heavy atom. The summed E-state index contributed by atoms with van der Waals surface area (Å²) >= 11 is 0. The fourth-order valence-corrected chi connectivity index (χ4v) is 2.30. The van der Waals surface area contributed by atoms with Gasteiger partial charge in [0.2, 0.25) is 11.8 Å². The Bertz CT molecular complexity index is 891. The Balaban J connectivity index is 1.82. The summed E-state index contributed by atoms with van der Waals surface area (Å²) in [6.07, 6.45) is 3.01. The lowest BCUT2D eigenvalue weighted by Crippen LogP contribution is -2.40. The van der Waals surface area contributed by atoms with E-state index in [1.807, 2.05) is 12.1 Å². The van der Waals surface area contributed by atoms with Gasteiger partial charge in [-0.2, -0.15) is 0 Å². The monoisotopic (exact) mass is 412 g/mol. The lowest BCUT2D eigenvalue weighted by molar-refractivity contribution is -0.142. The van der Waals surface area contributed by atoms with Crippen LogP contribution in [-0.2, 0) is 19.1 Å². The molecule has 0 saturated carbocycles. The number of hydrogen-bond acceptors (Lipinski definition) is 6. The van der Waals surface area contributed by atoms with Gasteiger partial charge < -0.3 is 24.8 Å². The molecule has 2 aromatic rings. The highest BCUT2D eigenvalue weighted by molar-refractivity contribution is 5.99. The molecule has 8 nitrogen and oxygen atoms in total. The molecule has 2 aromatic carbocycles. The van der Waals surface area contributed by atoms with Crippen molar-refractivity contribution in [2.45, 2.75) is 13.0 Å². The average Bonchev–Trinajstić information content (AvgIpc) is 2.77. The largest absolute Gasteiger partial charge is 0.497 e. The van der Waals surface area contributed by atoms with Crippen molar-refractivity contribution < 1.29 is 28.6 Å². The van der Waals surface area contributed by atoms with Gasteiger partial charge in [0, 0.05) is 11.8 Å². The number of carbonyl (C=O) groups excluding carboxylic acids is 3. The molecule has 8 heteroatoms. The van der Waals surface area contributed by atoms with Crippen molar-refractivity contribution >= 4 is 29.5 Å². The molecule has 0 radical (unpaired) electrons. The number of benzene rings is 2. The quantitative estimate of drug-likeness (QED) is 0.484. The van der Waals surface area contributed by atoms with Gasteiger partial charge in [-0.1, -0.05) is 12.1 Å². The zero-order valence-corrected chi connectivity index (χ0v) is 17.0. The van der Waals surface area contributed by atoms with E-state index in [0.29, 0.717) is 11.4 Å². The van der Waals surface area contributed by atoms with Crippen LogP contribution in [0.1, 0.15) is 12.5 Å². The third-order valence-corrected chi connectivity index (χ3v) is 4.00. The summed E-state index contributed by atoms with van der Waals surface area (Å²) in [6.45, 7) is 1.39. The predicted octanol–water partition coefficient (Wildman–Crippen LogP) is 2.40. The summed E-state index contributed by atoms with van der Waals surface area (Å²) in [5.74, 6) is -0.0594. The molecule has 0 aliphatic heterocycles. The zero-order valence-electron chi connectivity index (χ0n) is 17.0. The number of nitrogens with one attached hydrogen (secondary N) is 2. The second-order valence-corrected chi connectivity index (χ2v) is 6.22. The number of ether oxygens (including phenoxy) is 3. The fourth-order valence-electron chi connectivity index (χ4n) is 2.30. The van der Waals surface area contributed by atoms with Crippen LogP contribution < -0.4 is 20.1 Å². The second kappa shape index (κ2) is 11.3. The van der Waals surface area contributed by atoms with E-state index in [-0.39, 0.29) is 18.4 Å². The normalized spacial score (nSPS) is 11.4. The minimum Gasteiger partial charge on any atom is -0.497 e. The van der Waals surface area contributed by atoms with Gasteiger partial charge >= 0.3 is 5.97 Å². The van der Waals surface area contributed by atoms with Gasteiger partial charge in [0.05, 0.1) is 14.2 Å². The lowest BCUT2D eigenvalue weighted by atomic mass is 10.2. The van der Waals surface area contributed by atoms with E-state index in [2.05, 4.69) is 15.4 Å². The number of anilines is 1. The first kappa shape index (κ1) is 22.5. The first-order valence-electron chi connectivity index (χ1n) is 9.14. The van der Waals surface area contributed by atoms with Crippen LogP contribution in [0.2, 0.25) is 0 Å². The molecule has 0 heterocycles. The topological polar surface area (TPSA) is 103 Å². The summed E-state index contributed by atoms with van der Waals surface area (Å²) in [5, 5.41) is 5.30. The first-order chi connectivity index (χ1) is 14.4. The van der Waals surface area contributed by atoms with Crippen LogP contribution in [0.3, 0.4) is 0 Å². The third-order valence-electron chi connectivity index (χ3n) is 4.00. The van der Waals surface area contributed by atoms with Crippen molar-refractivity contribution in [3.05, 3.63) is 60.2 Å². The molecule has 0 fully saturated rings. The van der Waals surface area contributed by atoms with Gasteiger partial charge in [0.25, 0.3) is 0 Å². The van der Waals surface area contributed by atoms with Crippen molar-refractivity contribution in [2.24, 2.45) is 0 Å². The van der Waals surface area contributed by atoms with Crippen LogP contribution in [0.15, 0.2) is 54.6 Å². The predicted molar refractivity (Wildman–Crippen MR) is 112 cm³/mol. The van der Waals surface area contributed by atoms with Gasteiger partial charge in [0.15, 0.2) is 6.61 Å². The molecule has 0 spiro atoms. The van der Waals surface area contributed by atoms with Gasteiger partial charge in [-0.3, -0.25) is 9.59 Å². The molecule has 1 atom stereocenters. The van der Waals surface area contributed by atoms with Crippen LogP contribution >= 0.6 is 0 Å². The molecule has 2 amide bonds. The highest BCUT2D eigenvalue weighted by Gasteiger charge is 2.14. The number of methoxy groups -OCH3 is 2. The van der Waals surface area contributed by atoms with E-state index in [1.54, 1.807) is 56.5 Å². The minimum atomic E-state index is -0.742. The minimum absolute atomic E-state index is 0.199. The highest BCUT2D eigenvalue weighted by atomic mass is 16.6. The molecular formula is C22H24N2O6. The summed E-state index contributed by atoms with van der Waals surface area (Å²) < 4.78 is 14.8. The maximum atomic E-state index is 12.3. The Hall–Kier alpha value is -3.81. The third kappa shape index (κ3) is 7.31. The number of esters is 1. The zero-order chi connectivity index (χ0) is 21.9. The van der Waals surface area contributed by atoms with Crippen molar-refractivity contribution in [1.29, 1.82) is 0 Å². The Morgan fingerprint density at radius 2 is 1.60 bits per heavy atom. The van der Waals surface area contributed by atoms with Gasteiger partial charge in [-0.15, -0.1) is 0 Å². The average molecular weight is 412 g/mol. The van der Waals surface area contributed by atoms with Crippen molar-refractivity contribution in [3.8, 4) is 11.5 Å². The Labute approximate surface area is 174 Å². The van der Waals surface area contributed by atoms with E-state index in [9.17, 15) is 14.4 Å². The van der Waals surface area contributed by atoms with Crippen LogP contribution in [0.4, 0.5) is 5.69 Å². The maximum Gasteiger partial charge on any atom is 0.343 e. The molecule has 0 aliphatic carbocycles. The Morgan fingerprint density at radius 3 is 2.20 bits per heavy atom. The molecule has 0 aromatic heterocycles. The van der Waals surface area contributed by atoms with Crippen LogP contribution in [0.5, 0.6) is 11.5 Å². The molecule has 0 saturated heterocycles. The lowest BCUT2D eigenvalue weighted by Gasteiger charge is -2.13.